The summed E-state index contributed by atoms with van der Waals surface area (Å²) < 4.78 is 0. The molecule has 0 fully saturated rings. The molecular weight excluding hydrogens is 616 g/mol. The number of benzene rings is 2. The zero-order chi connectivity index (χ0) is 34.5. The van der Waals surface area contributed by atoms with Crippen LogP contribution in [0.4, 0.5) is 4.79 Å². The van der Waals surface area contributed by atoms with Crippen LogP contribution in [0.3, 0.4) is 0 Å². The van der Waals surface area contributed by atoms with Crippen LogP contribution in [0.25, 0.3) is 10.9 Å². The molecule has 0 spiro atoms. The molecule has 3 atom stereocenters. The molecule has 48 heavy (non-hydrogen) atoms. The first-order valence-corrected chi connectivity index (χ1v) is 15.7. The van der Waals surface area contributed by atoms with E-state index in [0.29, 0.717) is 25.1 Å². The number of urea groups is 1. The number of primary amides is 1. The molecule has 0 aliphatic carbocycles. The Balaban J connectivity index is 1.53. The highest BCUT2D eigenvalue weighted by Gasteiger charge is 2.30. The number of aromatic nitrogens is 3. The van der Waals surface area contributed by atoms with Crippen molar-refractivity contribution < 1.29 is 24.0 Å². The summed E-state index contributed by atoms with van der Waals surface area (Å²) in [6.07, 6.45) is 6.04. The maximum Gasteiger partial charge on any atom is 0.336 e. The first-order valence-electron chi connectivity index (χ1n) is 15.7. The molecule has 254 valence electrons. The highest BCUT2D eigenvalue weighted by Crippen LogP contribution is 2.19. The van der Waals surface area contributed by atoms with Crippen molar-refractivity contribution in [3.05, 3.63) is 90.1 Å². The van der Waals surface area contributed by atoms with E-state index in [9.17, 15) is 24.0 Å². The van der Waals surface area contributed by atoms with Crippen LogP contribution in [0.5, 0.6) is 0 Å². The first kappa shape index (κ1) is 35.2. The minimum atomic E-state index is -1.15. The van der Waals surface area contributed by atoms with E-state index >= 15 is 0 Å². The summed E-state index contributed by atoms with van der Waals surface area (Å²) in [5.41, 5.74) is 17.0. The second kappa shape index (κ2) is 17.3. The molecule has 15 heteroatoms. The highest BCUT2D eigenvalue weighted by molar-refractivity contribution is 5.93. The predicted molar refractivity (Wildman–Crippen MR) is 179 cm³/mol. The number of carbonyl (C=O) groups excluding carboxylic acids is 5. The van der Waals surface area contributed by atoms with E-state index in [4.69, 9.17) is 11.5 Å². The molecule has 2 aromatic heterocycles. The number of H-pyrrole nitrogens is 2. The summed E-state index contributed by atoms with van der Waals surface area (Å²) in [5.74, 6) is -2.48. The Kier molecular flexibility index (Phi) is 12.7. The van der Waals surface area contributed by atoms with Gasteiger partial charge in [0, 0.05) is 61.7 Å². The van der Waals surface area contributed by atoms with Crippen LogP contribution in [-0.2, 0) is 38.4 Å². The molecule has 0 saturated heterocycles. The highest BCUT2D eigenvalue weighted by atomic mass is 16.2. The van der Waals surface area contributed by atoms with Gasteiger partial charge in [-0.05, 0) is 36.6 Å². The average Bonchev–Trinajstić information content (AvgIpc) is 3.73. The van der Waals surface area contributed by atoms with Gasteiger partial charge < -0.3 is 37.4 Å². The summed E-state index contributed by atoms with van der Waals surface area (Å²) in [7, 11) is 0. The Labute approximate surface area is 277 Å². The van der Waals surface area contributed by atoms with Gasteiger partial charge >= 0.3 is 6.03 Å². The van der Waals surface area contributed by atoms with Crippen molar-refractivity contribution in [3.63, 3.8) is 0 Å². The molecule has 0 unspecified atom stereocenters. The van der Waals surface area contributed by atoms with Gasteiger partial charge in [0.05, 0.1) is 6.33 Å². The number of aromatic amines is 2. The molecule has 0 aliphatic heterocycles. The van der Waals surface area contributed by atoms with E-state index in [-0.39, 0.29) is 25.8 Å². The fraction of sp³-hybridized carbons (Fsp3) is 0.333. The van der Waals surface area contributed by atoms with E-state index < -0.39 is 47.8 Å². The predicted octanol–water partition coefficient (Wildman–Crippen LogP) is 0.544. The van der Waals surface area contributed by atoms with Crippen LogP contribution >= 0.6 is 0 Å². The minimum absolute atomic E-state index is 0.0632. The summed E-state index contributed by atoms with van der Waals surface area (Å²) in [6, 6.07) is 12.5. The van der Waals surface area contributed by atoms with Crippen molar-refractivity contribution >= 4 is 40.6 Å². The summed E-state index contributed by atoms with van der Waals surface area (Å²) in [6.45, 7) is 1.71. The van der Waals surface area contributed by atoms with Gasteiger partial charge in [0.1, 0.15) is 18.1 Å². The summed E-state index contributed by atoms with van der Waals surface area (Å²) in [4.78, 5) is 75.4. The molecule has 2 aromatic carbocycles. The van der Waals surface area contributed by atoms with E-state index in [2.05, 4.69) is 36.3 Å². The average molecular weight is 659 g/mol. The van der Waals surface area contributed by atoms with Crippen molar-refractivity contribution in [1.82, 2.24) is 41.3 Å². The third-order valence-electron chi connectivity index (χ3n) is 7.65. The largest absolute Gasteiger partial charge is 0.368 e. The first-order chi connectivity index (χ1) is 23.1. The number of amides is 6. The Hall–Kier alpha value is -5.70. The van der Waals surface area contributed by atoms with Gasteiger partial charge in [-0.1, -0.05) is 48.5 Å². The fourth-order valence-corrected chi connectivity index (χ4v) is 5.21. The normalized spacial score (nSPS) is 12.8. The topological polar surface area (TPSA) is 233 Å². The second-order valence-electron chi connectivity index (χ2n) is 11.4. The van der Waals surface area contributed by atoms with Gasteiger partial charge in [-0.15, -0.1) is 0 Å². The number of fused-ring (bicyclic) bond motifs is 1. The third-order valence-corrected chi connectivity index (χ3v) is 7.65. The van der Waals surface area contributed by atoms with Crippen LogP contribution < -0.4 is 32.8 Å². The molecule has 4 rings (SSSR count). The molecular formula is C33H42N10O5. The van der Waals surface area contributed by atoms with Gasteiger partial charge in [-0.2, -0.15) is 0 Å². The molecule has 15 nitrogen and oxygen atoms in total. The van der Waals surface area contributed by atoms with E-state index in [1.807, 2.05) is 30.3 Å². The van der Waals surface area contributed by atoms with Crippen LogP contribution in [0.15, 0.2) is 73.3 Å². The number of nitrogens with two attached hydrogens (primary N) is 2. The number of unbranched alkanes of at least 4 members (excludes halogenated alkanes) is 1. The lowest BCUT2D eigenvalue weighted by Gasteiger charge is -2.29. The number of hydrazine groups is 1. The second-order valence-corrected chi connectivity index (χ2v) is 11.4. The number of nitrogens with zero attached hydrogens (tertiary/aromatic N) is 2. The molecule has 4 aromatic rings. The SMILES string of the molecule is CC(=O)N[C@@H](Cc1cnc[nH]1)C(=O)N[C@H](Cc1ccccc1)C(=O)NN(CCCCN)C(=O)N[C@@H](Cc1c[nH]c2ccccc12)C(N)=O. The van der Waals surface area contributed by atoms with Crippen molar-refractivity contribution in [3.8, 4) is 0 Å². The van der Waals surface area contributed by atoms with Crippen LogP contribution in [0.1, 0.15) is 36.6 Å². The van der Waals surface area contributed by atoms with Gasteiger partial charge in [0.2, 0.25) is 17.7 Å². The Morgan fingerprint density at radius 2 is 1.56 bits per heavy atom. The van der Waals surface area contributed by atoms with E-state index in [1.165, 1.54) is 19.4 Å². The lowest BCUT2D eigenvalue weighted by atomic mass is 10.0. The number of nitrogens with one attached hydrogen (secondary N) is 6. The molecule has 0 aliphatic rings. The molecule has 10 N–H and O–H groups in total. The third kappa shape index (κ3) is 10.2. The van der Waals surface area contributed by atoms with E-state index in [1.54, 1.807) is 30.5 Å². The van der Waals surface area contributed by atoms with Crippen molar-refractivity contribution in [2.24, 2.45) is 11.5 Å². The van der Waals surface area contributed by atoms with Crippen LogP contribution in [0, 0.1) is 0 Å². The smallest absolute Gasteiger partial charge is 0.336 e. The monoisotopic (exact) mass is 658 g/mol. The lowest BCUT2D eigenvalue weighted by Crippen LogP contribution is -2.60. The Morgan fingerprint density at radius 3 is 2.25 bits per heavy atom. The molecule has 0 bridgehead atoms. The minimum Gasteiger partial charge on any atom is -0.368 e. The number of para-hydroxylation sites is 1. The van der Waals surface area contributed by atoms with Crippen LogP contribution in [-0.4, -0.2) is 80.8 Å². The zero-order valence-electron chi connectivity index (χ0n) is 26.7. The van der Waals surface area contributed by atoms with Crippen LogP contribution in [0.2, 0.25) is 0 Å². The number of carbonyl (C=O) groups is 5. The quantitative estimate of drug-likeness (QED) is 0.0628. The van der Waals surface area contributed by atoms with Gasteiger partial charge in [-0.3, -0.25) is 24.6 Å². The maximum absolute atomic E-state index is 13.8. The molecule has 2 heterocycles. The fourth-order valence-electron chi connectivity index (χ4n) is 5.21. The number of hydrogen-bond donors (Lipinski definition) is 8. The van der Waals surface area contributed by atoms with Crippen molar-refractivity contribution in [2.45, 2.75) is 57.2 Å². The van der Waals surface area contributed by atoms with Crippen molar-refractivity contribution in [2.75, 3.05) is 13.1 Å². The zero-order valence-corrected chi connectivity index (χ0v) is 26.7. The Morgan fingerprint density at radius 1 is 0.833 bits per heavy atom. The van der Waals surface area contributed by atoms with E-state index in [0.717, 1.165) is 27.0 Å². The van der Waals surface area contributed by atoms with Gasteiger partial charge in [0.25, 0.3) is 5.91 Å². The van der Waals surface area contributed by atoms with Gasteiger partial charge in [0.15, 0.2) is 0 Å². The summed E-state index contributed by atoms with van der Waals surface area (Å²) >= 11 is 0. The number of rotatable bonds is 16. The molecule has 0 saturated carbocycles. The van der Waals surface area contributed by atoms with Crippen molar-refractivity contribution in [1.29, 1.82) is 0 Å². The standard InChI is InChI=1S/C33H42N10O5/c1-21(44)39-29(17-24-19-36-20-38-24)31(46)40-28(15-22-9-3-2-4-10-22)32(47)42-43(14-8-7-13-34)33(48)41-27(30(35)45)16-23-18-37-26-12-6-5-11-25(23)26/h2-6,9-12,18-20,27-29,37H,7-8,13-17,34H2,1H3,(H2,35,45)(H,36,38)(H,39,44)(H,40,46)(H,41,48)(H,42,47)/t27-,28+,29-/m0/s1. The van der Waals surface area contributed by atoms with Gasteiger partial charge in [-0.25, -0.2) is 14.8 Å². The summed E-state index contributed by atoms with van der Waals surface area (Å²) in [5, 5.41) is 9.96. The maximum atomic E-state index is 13.8. The molecule has 0 radical (unpaired) electrons. The number of hydrogen-bond acceptors (Lipinski definition) is 7. The number of imidazole rings is 1. The Bertz CT molecular complexity index is 1670. The lowest BCUT2D eigenvalue weighted by molar-refractivity contribution is -0.133. The molecule has 6 amide bonds.